The maximum absolute atomic E-state index is 12.3. The quantitative estimate of drug-likeness (QED) is 0.584. The van der Waals surface area contributed by atoms with Crippen molar-refractivity contribution >= 4 is 22.9 Å². The average molecular weight is 365 g/mol. The molecule has 0 saturated carbocycles. The Morgan fingerprint density at radius 3 is 2.88 bits per heavy atom. The van der Waals surface area contributed by atoms with Crippen molar-refractivity contribution in [3.63, 3.8) is 0 Å². The molecule has 0 radical (unpaired) electrons. The summed E-state index contributed by atoms with van der Waals surface area (Å²) in [7, 11) is 0. The fraction of sp³-hybridized carbons (Fsp3) is 0.111. The Labute approximate surface area is 153 Å². The van der Waals surface area contributed by atoms with Gasteiger partial charge in [0.1, 0.15) is 0 Å². The number of hydrogen-bond acceptors (Lipinski definition) is 6. The fourth-order valence-corrected chi connectivity index (χ4v) is 3.14. The van der Waals surface area contributed by atoms with Crippen molar-refractivity contribution in [1.29, 1.82) is 0 Å². The number of amides is 1. The van der Waals surface area contributed by atoms with Crippen molar-refractivity contribution in [2.24, 2.45) is 0 Å². The molecule has 4 rings (SSSR count). The Morgan fingerprint density at radius 2 is 2.12 bits per heavy atom. The molecule has 3 heterocycles. The lowest BCUT2D eigenvalue weighted by Gasteiger charge is -2.01. The molecule has 0 aliphatic rings. The highest BCUT2D eigenvalue weighted by Crippen LogP contribution is 2.25. The van der Waals surface area contributed by atoms with Gasteiger partial charge in [0.15, 0.2) is 16.5 Å². The minimum absolute atomic E-state index is 0.198. The number of hydrogen-bond donors (Lipinski definition) is 1. The molecular formula is C18H15N5O2S. The number of carbonyl (C=O) groups is 1. The van der Waals surface area contributed by atoms with Crippen molar-refractivity contribution in [3.8, 4) is 10.8 Å². The fourth-order valence-electron chi connectivity index (χ4n) is 2.43. The van der Waals surface area contributed by atoms with E-state index in [9.17, 15) is 4.79 Å². The van der Waals surface area contributed by atoms with E-state index >= 15 is 0 Å². The van der Waals surface area contributed by atoms with E-state index in [-0.39, 0.29) is 11.6 Å². The molecule has 3 aromatic heterocycles. The Bertz CT molecular complexity index is 1030. The number of aromatic nitrogens is 4. The summed E-state index contributed by atoms with van der Waals surface area (Å²) in [6.07, 6.45) is 5.13. The Morgan fingerprint density at radius 1 is 1.27 bits per heavy atom. The highest BCUT2D eigenvalue weighted by molar-refractivity contribution is 7.14. The first-order valence-corrected chi connectivity index (χ1v) is 8.76. The van der Waals surface area contributed by atoms with Gasteiger partial charge in [0, 0.05) is 23.3 Å². The summed E-state index contributed by atoms with van der Waals surface area (Å²) in [5.74, 6) is 0.126. The second kappa shape index (κ2) is 6.93. The molecule has 7 nitrogen and oxygen atoms in total. The number of nitrogens with zero attached hydrogens (tertiary/aromatic N) is 4. The predicted molar refractivity (Wildman–Crippen MR) is 98.1 cm³/mol. The monoisotopic (exact) mass is 365 g/mol. The van der Waals surface area contributed by atoms with Crippen LogP contribution in [0.4, 0.5) is 5.69 Å². The number of benzene rings is 1. The Hall–Kier alpha value is -3.26. The van der Waals surface area contributed by atoms with Crippen molar-refractivity contribution in [2.45, 2.75) is 13.5 Å². The van der Waals surface area contributed by atoms with Gasteiger partial charge in [-0.15, -0.1) is 11.3 Å². The highest BCUT2D eigenvalue weighted by atomic mass is 32.1. The molecule has 0 spiro atoms. The van der Waals surface area contributed by atoms with Crippen LogP contribution in [0.2, 0.25) is 0 Å². The average Bonchev–Trinajstić information content (AvgIpc) is 3.37. The molecule has 0 aliphatic heterocycles. The van der Waals surface area contributed by atoms with Gasteiger partial charge in [0.25, 0.3) is 5.91 Å². The lowest BCUT2D eigenvalue weighted by atomic mass is 10.2. The highest BCUT2D eigenvalue weighted by Gasteiger charge is 2.16. The zero-order chi connectivity index (χ0) is 17.9. The first kappa shape index (κ1) is 16.2. The molecule has 0 fully saturated rings. The maximum atomic E-state index is 12.3. The van der Waals surface area contributed by atoms with Gasteiger partial charge in [-0.25, -0.2) is 4.98 Å². The predicted octanol–water partition coefficient (Wildman–Crippen LogP) is 3.60. The lowest BCUT2D eigenvalue weighted by molar-refractivity contribution is 0.101. The smallest absolute Gasteiger partial charge is 0.277 e. The molecule has 1 N–H and O–H groups in total. The van der Waals surface area contributed by atoms with Gasteiger partial charge in [-0.05, 0) is 12.5 Å². The molecule has 8 heteroatoms. The molecule has 0 saturated heterocycles. The molecule has 0 atom stereocenters. The van der Waals surface area contributed by atoms with Gasteiger partial charge in [0.2, 0.25) is 0 Å². The Kier molecular flexibility index (Phi) is 4.32. The molecule has 0 bridgehead atoms. The summed E-state index contributed by atoms with van der Waals surface area (Å²) in [4.78, 5) is 17.6. The third kappa shape index (κ3) is 3.55. The number of carbonyl (C=O) groups excluding carboxylic acids is 1. The standard InChI is InChI=1S/C18H15N5O2S/c1-12-8-19-18(26-12)16-7-15(22-25-16)17(24)21-14-9-20-23(11-14)10-13-5-3-2-4-6-13/h2-9,11H,10H2,1H3,(H,21,24). The SMILES string of the molecule is Cc1cnc(-c2cc(C(=O)Nc3cnn(Cc4ccccc4)c3)no2)s1. The first-order chi connectivity index (χ1) is 12.7. The van der Waals surface area contributed by atoms with Crippen LogP contribution in [0.25, 0.3) is 10.8 Å². The van der Waals surface area contributed by atoms with Gasteiger partial charge >= 0.3 is 0 Å². The second-order valence-corrected chi connectivity index (χ2v) is 6.95. The van der Waals surface area contributed by atoms with Gasteiger partial charge in [-0.2, -0.15) is 5.10 Å². The maximum Gasteiger partial charge on any atom is 0.277 e. The van der Waals surface area contributed by atoms with Crippen molar-refractivity contribution in [1.82, 2.24) is 19.9 Å². The topological polar surface area (TPSA) is 85.8 Å². The number of nitrogens with one attached hydrogen (secondary N) is 1. The van der Waals surface area contributed by atoms with E-state index in [1.54, 1.807) is 29.3 Å². The third-order valence-electron chi connectivity index (χ3n) is 3.65. The van der Waals surface area contributed by atoms with Gasteiger partial charge in [0.05, 0.1) is 18.4 Å². The molecule has 0 unspecified atom stereocenters. The summed E-state index contributed by atoms with van der Waals surface area (Å²) in [6.45, 7) is 2.59. The van der Waals surface area contributed by atoms with Crippen LogP contribution in [0.5, 0.6) is 0 Å². The molecule has 0 aliphatic carbocycles. The van der Waals surface area contributed by atoms with E-state index in [2.05, 4.69) is 20.6 Å². The van der Waals surface area contributed by atoms with Crippen molar-refractivity contribution < 1.29 is 9.32 Å². The third-order valence-corrected chi connectivity index (χ3v) is 4.58. The largest absolute Gasteiger partial charge is 0.353 e. The van der Waals surface area contributed by atoms with Crippen molar-refractivity contribution in [2.75, 3.05) is 5.32 Å². The van der Waals surface area contributed by atoms with E-state index in [0.29, 0.717) is 23.0 Å². The summed E-state index contributed by atoms with van der Waals surface area (Å²) >= 11 is 1.48. The van der Waals surface area contributed by atoms with Crippen LogP contribution >= 0.6 is 11.3 Å². The molecule has 1 amide bonds. The Balaban J connectivity index is 1.43. The van der Waals surface area contributed by atoms with Crippen LogP contribution in [0.15, 0.2) is 59.5 Å². The summed E-state index contributed by atoms with van der Waals surface area (Å²) in [6, 6.07) is 11.6. The zero-order valence-electron chi connectivity index (χ0n) is 13.9. The van der Waals surface area contributed by atoms with Crippen LogP contribution in [0.3, 0.4) is 0 Å². The summed E-state index contributed by atoms with van der Waals surface area (Å²) in [5, 5.41) is 11.6. The van der Waals surface area contributed by atoms with Gasteiger partial charge in [-0.3, -0.25) is 9.48 Å². The summed E-state index contributed by atoms with van der Waals surface area (Å²) < 4.78 is 6.98. The van der Waals surface area contributed by atoms with Crippen LogP contribution in [-0.2, 0) is 6.54 Å². The van der Waals surface area contributed by atoms with Gasteiger partial charge < -0.3 is 9.84 Å². The molecule has 1 aromatic carbocycles. The van der Waals surface area contributed by atoms with E-state index < -0.39 is 0 Å². The van der Waals surface area contributed by atoms with Crippen molar-refractivity contribution in [3.05, 3.63) is 71.1 Å². The van der Waals surface area contributed by atoms with Crippen LogP contribution in [0, 0.1) is 6.92 Å². The molecule has 26 heavy (non-hydrogen) atoms. The van der Waals surface area contributed by atoms with E-state index in [1.165, 1.54) is 11.3 Å². The van der Waals surface area contributed by atoms with Crippen LogP contribution in [0.1, 0.15) is 20.9 Å². The number of aryl methyl sites for hydroxylation is 1. The minimum atomic E-state index is -0.354. The normalized spacial score (nSPS) is 10.8. The summed E-state index contributed by atoms with van der Waals surface area (Å²) in [5.41, 5.74) is 1.93. The molecule has 130 valence electrons. The lowest BCUT2D eigenvalue weighted by Crippen LogP contribution is -2.11. The molecule has 4 aromatic rings. The van der Waals surface area contributed by atoms with Crippen LogP contribution in [-0.4, -0.2) is 25.8 Å². The zero-order valence-corrected chi connectivity index (χ0v) is 14.7. The van der Waals surface area contributed by atoms with Gasteiger partial charge in [-0.1, -0.05) is 35.5 Å². The number of thiazole rings is 1. The van der Waals surface area contributed by atoms with Crippen LogP contribution < -0.4 is 5.32 Å². The minimum Gasteiger partial charge on any atom is -0.353 e. The van der Waals surface area contributed by atoms with E-state index in [1.807, 2.05) is 37.3 Å². The number of anilines is 1. The second-order valence-electron chi connectivity index (χ2n) is 5.72. The van der Waals surface area contributed by atoms with E-state index in [4.69, 9.17) is 4.52 Å². The van der Waals surface area contributed by atoms with E-state index in [0.717, 1.165) is 10.4 Å². The first-order valence-electron chi connectivity index (χ1n) is 7.94. The number of rotatable bonds is 5. The molecular weight excluding hydrogens is 350 g/mol.